The van der Waals surface area contributed by atoms with Gasteiger partial charge in [-0.3, -0.25) is 0 Å². The van der Waals surface area contributed by atoms with Crippen molar-refractivity contribution in [2.75, 3.05) is 6.61 Å². The first-order chi connectivity index (χ1) is 7.23. The molecule has 0 amide bonds. The van der Waals surface area contributed by atoms with Crippen LogP contribution < -0.4 is 0 Å². The predicted molar refractivity (Wildman–Crippen MR) is 46.0 cm³/mol. The Kier molecular flexibility index (Phi) is 5.40. The maximum Gasteiger partial charge on any atom is 0.465 e. The van der Waals surface area contributed by atoms with E-state index >= 15 is 0 Å². The molecule has 0 aromatic rings. The molecule has 94 valence electrons. The molecular formula is C9H11F5O2. The van der Waals surface area contributed by atoms with Gasteiger partial charge in [-0.1, -0.05) is 19.1 Å². The highest BCUT2D eigenvalue weighted by Gasteiger charge is 2.64. The number of hydrogen-bond acceptors (Lipinski definition) is 2. The Balaban J connectivity index is 4.12. The zero-order chi connectivity index (χ0) is 12.8. The highest BCUT2D eigenvalue weighted by atomic mass is 19.4. The number of carbonyl (C=O) groups is 1. The lowest BCUT2D eigenvalue weighted by Gasteiger charge is -2.17. The first-order valence-electron chi connectivity index (χ1n) is 4.50. The maximum absolute atomic E-state index is 12.3. The van der Waals surface area contributed by atoms with Gasteiger partial charge in [0.05, 0.1) is 6.61 Å². The normalized spacial score (nSPS) is 13.1. The summed E-state index contributed by atoms with van der Waals surface area (Å²) in [5.74, 6) is -8.01. The van der Waals surface area contributed by atoms with Crippen LogP contribution >= 0.6 is 0 Å². The molecule has 0 aliphatic rings. The second-order valence-electron chi connectivity index (χ2n) is 2.88. The predicted octanol–water partition coefficient (Wildman–Crippen LogP) is 3.08. The molecular weight excluding hydrogens is 235 g/mol. The fourth-order valence-corrected chi connectivity index (χ4v) is 0.711. The zero-order valence-electron chi connectivity index (χ0n) is 8.48. The van der Waals surface area contributed by atoms with Crippen molar-refractivity contribution >= 4 is 5.97 Å². The van der Waals surface area contributed by atoms with Crippen LogP contribution in [0.4, 0.5) is 22.0 Å². The molecule has 0 aliphatic heterocycles. The van der Waals surface area contributed by atoms with Crippen LogP contribution in [0.5, 0.6) is 0 Å². The van der Waals surface area contributed by atoms with Gasteiger partial charge in [0.15, 0.2) is 0 Å². The van der Waals surface area contributed by atoms with Crippen molar-refractivity contribution in [1.29, 1.82) is 0 Å². The standard InChI is InChI=1S/C9H11F5O2/c1-2-3-4-5-6-16-7(15)8(10,11)9(12,13)14/h3-4H,2,5-6H2,1H3/b4-3-. The number of ether oxygens (including phenoxy) is 1. The molecule has 0 aromatic heterocycles. The van der Waals surface area contributed by atoms with Crippen LogP contribution in [0.15, 0.2) is 12.2 Å². The fourth-order valence-electron chi connectivity index (χ4n) is 0.711. The van der Waals surface area contributed by atoms with Crippen molar-refractivity contribution in [2.45, 2.75) is 31.9 Å². The Bertz CT molecular complexity index is 257. The molecule has 0 bridgehead atoms. The summed E-state index contributed by atoms with van der Waals surface area (Å²) in [4.78, 5) is 10.4. The van der Waals surface area contributed by atoms with E-state index in [4.69, 9.17) is 0 Å². The summed E-state index contributed by atoms with van der Waals surface area (Å²) in [5.41, 5.74) is 0. The van der Waals surface area contributed by atoms with Gasteiger partial charge in [-0.25, -0.2) is 4.79 Å². The second-order valence-corrected chi connectivity index (χ2v) is 2.88. The summed E-state index contributed by atoms with van der Waals surface area (Å²) in [7, 11) is 0. The Labute approximate surface area is 89.1 Å². The fraction of sp³-hybridized carbons (Fsp3) is 0.667. The Hall–Kier alpha value is -1.14. The minimum Gasteiger partial charge on any atom is -0.461 e. The smallest absolute Gasteiger partial charge is 0.461 e. The van der Waals surface area contributed by atoms with Crippen molar-refractivity contribution in [3.05, 3.63) is 12.2 Å². The average Bonchev–Trinajstić information content (AvgIpc) is 2.15. The van der Waals surface area contributed by atoms with Crippen LogP contribution in [0.25, 0.3) is 0 Å². The van der Waals surface area contributed by atoms with E-state index in [1.54, 1.807) is 6.08 Å². The summed E-state index contributed by atoms with van der Waals surface area (Å²) < 4.78 is 63.3. The molecule has 0 saturated heterocycles. The maximum atomic E-state index is 12.3. The molecule has 0 radical (unpaired) electrons. The highest BCUT2D eigenvalue weighted by Crippen LogP contribution is 2.36. The van der Waals surface area contributed by atoms with Crippen molar-refractivity contribution in [3.63, 3.8) is 0 Å². The average molecular weight is 246 g/mol. The SMILES string of the molecule is CC/C=C\CCOC(=O)C(F)(F)C(F)(F)F. The van der Waals surface area contributed by atoms with Crippen LogP contribution in [0.1, 0.15) is 19.8 Å². The second kappa shape index (κ2) is 5.81. The van der Waals surface area contributed by atoms with E-state index in [-0.39, 0.29) is 6.42 Å². The largest absolute Gasteiger partial charge is 0.465 e. The van der Waals surface area contributed by atoms with Gasteiger partial charge < -0.3 is 4.74 Å². The van der Waals surface area contributed by atoms with Crippen molar-refractivity contribution < 1.29 is 31.5 Å². The molecule has 0 spiro atoms. The van der Waals surface area contributed by atoms with Crippen LogP contribution in [-0.4, -0.2) is 24.7 Å². The third kappa shape index (κ3) is 4.16. The minimum atomic E-state index is -5.91. The summed E-state index contributed by atoms with van der Waals surface area (Å²) in [6.45, 7) is 1.32. The van der Waals surface area contributed by atoms with Crippen LogP contribution in [0, 0.1) is 0 Å². The monoisotopic (exact) mass is 246 g/mol. The number of carbonyl (C=O) groups excluding carboxylic acids is 1. The first-order valence-corrected chi connectivity index (χ1v) is 4.50. The number of alkyl halides is 5. The molecule has 0 aromatic carbocycles. The molecule has 0 atom stereocenters. The van der Waals surface area contributed by atoms with Gasteiger partial charge in [0.25, 0.3) is 0 Å². The van der Waals surface area contributed by atoms with Gasteiger partial charge in [0.2, 0.25) is 0 Å². The molecule has 7 heteroatoms. The minimum absolute atomic E-state index is 0.105. The number of allylic oxidation sites excluding steroid dienone is 1. The number of halogens is 5. The van der Waals surface area contributed by atoms with E-state index in [2.05, 4.69) is 4.74 Å². The first kappa shape index (κ1) is 14.9. The molecule has 0 aliphatic carbocycles. The van der Waals surface area contributed by atoms with Crippen LogP contribution in [0.3, 0.4) is 0 Å². The van der Waals surface area contributed by atoms with E-state index in [1.807, 2.05) is 6.92 Å². The summed E-state index contributed by atoms with van der Waals surface area (Å²) in [6.07, 6.45) is -1.90. The van der Waals surface area contributed by atoms with Gasteiger partial charge in [-0.05, 0) is 12.8 Å². The molecule has 0 rings (SSSR count). The van der Waals surface area contributed by atoms with Crippen LogP contribution in [-0.2, 0) is 9.53 Å². The summed E-state index contributed by atoms with van der Waals surface area (Å²) >= 11 is 0. The molecule has 0 heterocycles. The van der Waals surface area contributed by atoms with E-state index in [9.17, 15) is 26.7 Å². The van der Waals surface area contributed by atoms with Crippen molar-refractivity contribution in [1.82, 2.24) is 0 Å². The lowest BCUT2D eigenvalue weighted by atomic mass is 10.3. The Morgan fingerprint density at radius 1 is 1.19 bits per heavy atom. The van der Waals surface area contributed by atoms with Gasteiger partial charge >= 0.3 is 18.1 Å². The molecule has 16 heavy (non-hydrogen) atoms. The van der Waals surface area contributed by atoms with Gasteiger partial charge in [0.1, 0.15) is 0 Å². The van der Waals surface area contributed by atoms with Crippen LogP contribution in [0.2, 0.25) is 0 Å². The Morgan fingerprint density at radius 3 is 2.19 bits per heavy atom. The van der Waals surface area contributed by atoms with E-state index < -0.39 is 24.7 Å². The number of esters is 1. The summed E-state index contributed by atoms with van der Waals surface area (Å²) in [5, 5.41) is 0. The van der Waals surface area contributed by atoms with Gasteiger partial charge in [-0.15, -0.1) is 0 Å². The molecule has 2 nitrogen and oxygen atoms in total. The third-order valence-corrected chi connectivity index (χ3v) is 1.53. The van der Waals surface area contributed by atoms with Crippen molar-refractivity contribution in [2.24, 2.45) is 0 Å². The topological polar surface area (TPSA) is 26.3 Å². The molecule has 0 saturated carbocycles. The molecule has 0 fully saturated rings. The lowest BCUT2D eigenvalue weighted by Crippen LogP contribution is -2.45. The van der Waals surface area contributed by atoms with Gasteiger partial charge in [0, 0.05) is 0 Å². The summed E-state index contributed by atoms with van der Waals surface area (Å²) in [6, 6.07) is 0. The van der Waals surface area contributed by atoms with E-state index in [0.717, 1.165) is 0 Å². The number of rotatable bonds is 5. The van der Waals surface area contributed by atoms with Crippen molar-refractivity contribution in [3.8, 4) is 0 Å². The highest BCUT2D eigenvalue weighted by molar-refractivity contribution is 5.78. The van der Waals surface area contributed by atoms with E-state index in [1.165, 1.54) is 6.08 Å². The third-order valence-electron chi connectivity index (χ3n) is 1.53. The molecule has 0 unspecified atom stereocenters. The van der Waals surface area contributed by atoms with Gasteiger partial charge in [-0.2, -0.15) is 22.0 Å². The quantitative estimate of drug-likeness (QED) is 0.322. The zero-order valence-corrected chi connectivity index (χ0v) is 8.48. The molecule has 0 N–H and O–H groups in total. The Morgan fingerprint density at radius 2 is 1.75 bits per heavy atom. The number of hydrogen-bond donors (Lipinski definition) is 0. The lowest BCUT2D eigenvalue weighted by molar-refractivity contribution is -0.280. The van der Waals surface area contributed by atoms with E-state index in [0.29, 0.717) is 6.42 Å².